The largest absolute Gasteiger partial charge is 0.446 e. The predicted octanol–water partition coefficient (Wildman–Crippen LogP) is 4.59. The van der Waals surface area contributed by atoms with Crippen molar-refractivity contribution in [3.05, 3.63) is 47.6 Å². The summed E-state index contributed by atoms with van der Waals surface area (Å²) in [7, 11) is 0. The van der Waals surface area contributed by atoms with E-state index in [0.717, 1.165) is 25.7 Å². The van der Waals surface area contributed by atoms with E-state index in [1.807, 2.05) is 0 Å². The number of rotatable bonds is 5. The minimum atomic E-state index is -4.32. The van der Waals surface area contributed by atoms with E-state index in [4.69, 9.17) is 4.52 Å². The van der Waals surface area contributed by atoms with Gasteiger partial charge >= 0.3 is 5.51 Å². The van der Waals surface area contributed by atoms with E-state index in [0.29, 0.717) is 17.3 Å². The number of amides is 1. The molecule has 0 saturated heterocycles. The second kappa shape index (κ2) is 7.75. The van der Waals surface area contributed by atoms with E-state index < -0.39 is 11.0 Å². The van der Waals surface area contributed by atoms with E-state index in [1.54, 1.807) is 13.0 Å². The van der Waals surface area contributed by atoms with Crippen LogP contribution >= 0.6 is 11.8 Å². The van der Waals surface area contributed by atoms with Gasteiger partial charge in [0.15, 0.2) is 5.82 Å². The molecule has 3 rings (SSSR count). The van der Waals surface area contributed by atoms with Crippen LogP contribution in [0.15, 0.2) is 39.8 Å². The number of halogens is 3. The van der Waals surface area contributed by atoms with Gasteiger partial charge in [-0.2, -0.15) is 18.2 Å². The third-order valence-electron chi connectivity index (χ3n) is 4.32. The maximum Gasteiger partial charge on any atom is 0.446 e. The van der Waals surface area contributed by atoms with Crippen molar-refractivity contribution in [2.45, 2.75) is 48.5 Å². The summed E-state index contributed by atoms with van der Waals surface area (Å²) in [6.45, 7) is 1.70. The number of aromatic nitrogens is 2. The molecule has 1 heterocycles. The molecule has 1 aromatic heterocycles. The van der Waals surface area contributed by atoms with Crippen molar-refractivity contribution in [1.29, 1.82) is 0 Å². The van der Waals surface area contributed by atoms with Gasteiger partial charge in [0.25, 0.3) is 0 Å². The molecule has 0 atom stereocenters. The number of nitrogens with zero attached hydrogens (tertiary/aromatic N) is 2. The summed E-state index contributed by atoms with van der Waals surface area (Å²) in [6, 6.07) is 5.81. The highest BCUT2D eigenvalue weighted by Crippen LogP contribution is 2.38. The van der Waals surface area contributed by atoms with Gasteiger partial charge in [0, 0.05) is 17.9 Å². The molecular formula is C18H18F3N3O2S. The molecule has 144 valence electrons. The first-order chi connectivity index (χ1) is 12.8. The van der Waals surface area contributed by atoms with E-state index in [-0.39, 0.29) is 22.6 Å². The molecule has 1 fully saturated rings. The summed E-state index contributed by atoms with van der Waals surface area (Å²) in [5.41, 5.74) is -4.32. The summed E-state index contributed by atoms with van der Waals surface area (Å²) in [5, 5.41) is 6.93. The Morgan fingerprint density at radius 2 is 1.93 bits per heavy atom. The zero-order valence-corrected chi connectivity index (χ0v) is 15.4. The van der Waals surface area contributed by atoms with Crippen LogP contribution in [-0.2, 0) is 10.3 Å². The Kier molecular flexibility index (Phi) is 5.59. The highest BCUT2D eigenvalue weighted by molar-refractivity contribution is 8.00. The van der Waals surface area contributed by atoms with Crippen molar-refractivity contribution in [3.63, 3.8) is 0 Å². The van der Waals surface area contributed by atoms with Gasteiger partial charge in [-0.15, -0.1) is 0 Å². The number of alkyl halides is 3. The Morgan fingerprint density at radius 1 is 1.26 bits per heavy atom. The summed E-state index contributed by atoms with van der Waals surface area (Å²) >= 11 is -0.172. The van der Waals surface area contributed by atoms with Crippen LogP contribution in [0.2, 0.25) is 0 Å². The second-order valence-corrected chi connectivity index (χ2v) is 7.50. The van der Waals surface area contributed by atoms with Crippen molar-refractivity contribution in [3.8, 4) is 0 Å². The van der Waals surface area contributed by atoms with Crippen molar-refractivity contribution < 1.29 is 22.5 Å². The first-order valence-corrected chi connectivity index (χ1v) is 9.24. The number of hydrogen-bond donors (Lipinski definition) is 1. The Hall–Kier alpha value is -2.29. The molecule has 0 aliphatic heterocycles. The van der Waals surface area contributed by atoms with Crippen LogP contribution in [0, 0.1) is 6.92 Å². The van der Waals surface area contributed by atoms with Gasteiger partial charge in [-0.1, -0.05) is 30.1 Å². The van der Waals surface area contributed by atoms with Gasteiger partial charge in [-0.3, -0.25) is 4.79 Å². The first kappa shape index (κ1) is 19.5. The average molecular weight is 397 g/mol. The lowest BCUT2D eigenvalue weighted by Gasteiger charge is -2.25. The molecule has 0 radical (unpaired) electrons. The maximum absolute atomic E-state index is 12.4. The van der Waals surface area contributed by atoms with Crippen LogP contribution in [-0.4, -0.2) is 21.6 Å². The number of aryl methyl sites for hydroxylation is 1. The number of nitrogens with one attached hydrogen (secondary N) is 1. The predicted molar refractivity (Wildman–Crippen MR) is 94.7 cm³/mol. The van der Waals surface area contributed by atoms with Gasteiger partial charge in [0.1, 0.15) is 5.54 Å². The molecule has 1 aliphatic rings. The number of carbonyl (C=O) groups is 1. The number of hydrogen-bond acceptors (Lipinski definition) is 5. The molecule has 1 saturated carbocycles. The molecule has 27 heavy (non-hydrogen) atoms. The van der Waals surface area contributed by atoms with Crippen LogP contribution in [0.1, 0.15) is 43.0 Å². The molecule has 1 amide bonds. The highest BCUT2D eigenvalue weighted by Gasteiger charge is 2.40. The van der Waals surface area contributed by atoms with Gasteiger partial charge < -0.3 is 9.84 Å². The zero-order chi connectivity index (χ0) is 19.5. The van der Waals surface area contributed by atoms with Crippen LogP contribution in [0.5, 0.6) is 0 Å². The van der Waals surface area contributed by atoms with Gasteiger partial charge in [-0.25, -0.2) is 0 Å². The molecule has 2 aromatic rings. The number of carbonyl (C=O) groups excluding carboxylic acids is 1. The van der Waals surface area contributed by atoms with Crippen LogP contribution < -0.4 is 5.32 Å². The first-order valence-electron chi connectivity index (χ1n) is 8.43. The van der Waals surface area contributed by atoms with Gasteiger partial charge in [0.2, 0.25) is 11.8 Å². The topological polar surface area (TPSA) is 68.0 Å². The third-order valence-corrected chi connectivity index (χ3v) is 5.06. The smallest absolute Gasteiger partial charge is 0.340 e. The standard InChI is InChI=1S/C18H18F3N3O2S/c1-12-22-16(24-26-12)17(10-2-3-11-17)23-15(25)9-6-13-4-7-14(8-5-13)27-18(19,20)21/h4-9H,2-3,10-11H2,1H3,(H,23,25)/b9-6+. The molecular weight excluding hydrogens is 379 g/mol. The minimum absolute atomic E-state index is 0.0986. The maximum atomic E-state index is 12.4. The molecule has 1 N–H and O–H groups in total. The summed E-state index contributed by atoms with van der Waals surface area (Å²) in [6.07, 6.45) is 6.29. The molecule has 1 aliphatic carbocycles. The fraction of sp³-hybridized carbons (Fsp3) is 0.389. The normalized spacial score (nSPS) is 16.7. The van der Waals surface area contributed by atoms with Crippen molar-refractivity contribution >= 4 is 23.7 Å². The molecule has 0 unspecified atom stereocenters. The molecule has 1 aromatic carbocycles. The highest BCUT2D eigenvalue weighted by atomic mass is 32.2. The van der Waals surface area contributed by atoms with Gasteiger partial charge in [0.05, 0.1) is 0 Å². The lowest BCUT2D eigenvalue weighted by atomic mass is 9.96. The third kappa shape index (κ3) is 5.12. The van der Waals surface area contributed by atoms with E-state index in [1.165, 1.54) is 30.3 Å². The van der Waals surface area contributed by atoms with E-state index in [9.17, 15) is 18.0 Å². The summed E-state index contributed by atoms with van der Waals surface area (Å²) in [4.78, 5) is 16.7. The number of thioether (sulfide) groups is 1. The average Bonchev–Trinajstić information content (AvgIpc) is 3.23. The Morgan fingerprint density at radius 3 is 2.48 bits per heavy atom. The van der Waals surface area contributed by atoms with Crippen molar-refractivity contribution in [2.24, 2.45) is 0 Å². The number of benzene rings is 1. The van der Waals surface area contributed by atoms with Crippen LogP contribution in [0.3, 0.4) is 0 Å². The van der Waals surface area contributed by atoms with E-state index in [2.05, 4.69) is 15.5 Å². The van der Waals surface area contributed by atoms with Crippen LogP contribution in [0.25, 0.3) is 6.08 Å². The Bertz CT molecular complexity index is 825. The second-order valence-electron chi connectivity index (χ2n) is 6.37. The monoisotopic (exact) mass is 397 g/mol. The van der Waals surface area contributed by atoms with Crippen molar-refractivity contribution in [1.82, 2.24) is 15.5 Å². The lowest BCUT2D eigenvalue weighted by molar-refractivity contribution is -0.118. The van der Waals surface area contributed by atoms with Gasteiger partial charge in [-0.05, 0) is 48.4 Å². The zero-order valence-electron chi connectivity index (χ0n) is 14.5. The molecule has 0 spiro atoms. The summed E-state index contributed by atoms with van der Waals surface area (Å²) in [5.74, 6) is 0.610. The SMILES string of the molecule is Cc1nc(C2(NC(=O)/C=C/c3ccc(SC(F)(F)F)cc3)CCCC2)no1. The molecule has 0 bridgehead atoms. The fourth-order valence-electron chi connectivity index (χ4n) is 3.11. The molecule has 9 heteroatoms. The van der Waals surface area contributed by atoms with Crippen molar-refractivity contribution in [2.75, 3.05) is 0 Å². The fourth-order valence-corrected chi connectivity index (χ4v) is 3.65. The summed E-state index contributed by atoms with van der Waals surface area (Å²) < 4.78 is 42.1. The lowest BCUT2D eigenvalue weighted by Crippen LogP contribution is -2.44. The quantitative estimate of drug-likeness (QED) is 0.590. The minimum Gasteiger partial charge on any atom is -0.340 e. The van der Waals surface area contributed by atoms with Crippen LogP contribution in [0.4, 0.5) is 13.2 Å². The molecule has 5 nitrogen and oxygen atoms in total. The Labute approximate surface area is 158 Å². The Balaban J connectivity index is 1.66. The van der Waals surface area contributed by atoms with E-state index >= 15 is 0 Å².